The van der Waals surface area contributed by atoms with Crippen molar-refractivity contribution in [1.82, 2.24) is 0 Å². The van der Waals surface area contributed by atoms with Crippen molar-refractivity contribution in [2.45, 2.75) is 93.4 Å². The van der Waals surface area contributed by atoms with E-state index in [2.05, 4.69) is 159 Å². The van der Waals surface area contributed by atoms with Crippen LogP contribution in [0.1, 0.15) is 99.3 Å². The first-order valence-electron chi connectivity index (χ1n) is 15.1. The molecule has 1 atom stereocenters. The van der Waals surface area contributed by atoms with E-state index in [4.69, 9.17) is 0 Å². The maximum absolute atomic E-state index is 3.48. The van der Waals surface area contributed by atoms with Crippen LogP contribution in [0.4, 0.5) is 0 Å². The Bertz CT molecular complexity index is 1460. The molecule has 0 radical (unpaired) electrons. The van der Waals surface area contributed by atoms with Gasteiger partial charge in [0.05, 0.1) is 0 Å². The van der Waals surface area contributed by atoms with Crippen molar-refractivity contribution in [1.29, 1.82) is 0 Å². The van der Waals surface area contributed by atoms with Crippen LogP contribution in [0.3, 0.4) is 0 Å². The Hall–Kier alpha value is -1.66. The predicted octanol–water partition coefficient (Wildman–Crippen LogP) is 5.45. The van der Waals surface area contributed by atoms with Crippen molar-refractivity contribution in [3.63, 3.8) is 0 Å². The Balaban J connectivity index is 0.000000357. The standard InChI is InChI=1S/C21H25.C12H19.C7H6.2ClH.Zr/c1-20(2,3)16-7-9-18-14(12-16)11-15-13-17(21(4,5)6)8-10-19(15)18;1-6-10-7-9(2)8-11(10)12(3,4)5;1-7-5-3-2-4-6-7;;;/h7-13H,1-6H3;8-9H,6H2,1-5H3;1-6H;2*1H;/q2*-1;;;;+2/p-2. The van der Waals surface area contributed by atoms with Gasteiger partial charge in [0.15, 0.2) is 0 Å². The van der Waals surface area contributed by atoms with E-state index in [0.717, 1.165) is 6.42 Å². The van der Waals surface area contributed by atoms with Crippen LogP contribution in [-0.2, 0) is 35.1 Å². The molecule has 0 fully saturated rings. The summed E-state index contributed by atoms with van der Waals surface area (Å²) in [6, 6.07) is 26.5. The predicted molar refractivity (Wildman–Crippen MR) is 180 cm³/mol. The van der Waals surface area contributed by atoms with Gasteiger partial charge < -0.3 is 24.8 Å². The molecule has 0 aliphatic heterocycles. The molecule has 1 aliphatic carbocycles. The van der Waals surface area contributed by atoms with Gasteiger partial charge in [0.1, 0.15) is 0 Å². The van der Waals surface area contributed by atoms with Crippen LogP contribution in [0.2, 0.25) is 0 Å². The Labute approximate surface area is 290 Å². The summed E-state index contributed by atoms with van der Waals surface area (Å²) >= 11 is 1.46. The van der Waals surface area contributed by atoms with Crippen molar-refractivity contribution >= 4 is 25.3 Å². The van der Waals surface area contributed by atoms with Gasteiger partial charge in [0.25, 0.3) is 0 Å². The van der Waals surface area contributed by atoms with Gasteiger partial charge in [-0.3, -0.25) is 6.08 Å². The summed E-state index contributed by atoms with van der Waals surface area (Å²) in [5.74, 6) is 0.522. The van der Waals surface area contributed by atoms with Gasteiger partial charge in [-0.15, -0.1) is 39.7 Å². The average Bonchev–Trinajstić information content (AvgIpc) is 3.48. The zero-order valence-corrected chi connectivity index (χ0v) is 32.1. The third-order valence-electron chi connectivity index (χ3n) is 7.71. The van der Waals surface area contributed by atoms with Gasteiger partial charge in [-0.25, -0.2) is 5.57 Å². The molecule has 0 N–H and O–H groups in total. The van der Waals surface area contributed by atoms with E-state index in [9.17, 15) is 0 Å². The van der Waals surface area contributed by atoms with E-state index in [-0.39, 0.29) is 35.6 Å². The van der Waals surface area contributed by atoms with E-state index in [1.807, 2.05) is 6.07 Å². The van der Waals surface area contributed by atoms with Crippen LogP contribution in [0.25, 0.3) is 21.5 Å². The number of rotatable bonds is 2. The summed E-state index contributed by atoms with van der Waals surface area (Å²) in [4.78, 5) is 0. The molecule has 4 aromatic rings. The number of fused-ring (bicyclic) bond motifs is 3. The van der Waals surface area contributed by atoms with Crippen LogP contribution in [-0.4, -0.2) is 3.71 Å². The van der Waals surface area contributed by atoms with Gasteiger partial charge in [0, 0.05) is 0 Å². The van der Waals surface area contributed by atoms with Gasteiger partial charge in [-0.2, -0.15) is 11.6 Å². The Morgan fingerprint density at radius 2 is 1.19 bits per heavy atom. The van der Waals surface area contributed by atoms with Crippen LogP contribution in [0.15, 0.2) is 90.0 Å². The Morgan fingerprint density at radius 1 is 0.721 bits per heavy atom. The monoisotopic (exact) mass is 690 g/mol. The molecule has 1 aliphatic rings. The van der Waals surface area contributed by atoms with Crippen LogP contribution >= 0.6 is 0 Å². The summed E-state index contributed by atoms with van der Waals surface area (Å²) in [6.07, 6.45) is 6.95. The van der Waals surface area contributed by atoms with Gasteiger partial charge in [0.2, 0.25) is 0 Å². The van der Waals surface area contributed by atoms with Crippen molar-refractivity contribution < 1.29 is 49.0 Å². The van der Waals surface area contributed by atoms with Crippen molar-refractivity contribution in [3.05, 3.63) is 113 Å². The third kappa shape index (κ3) is 10.7. The summed E-state index contributed by atoms with van der Waals surface area (Å²) < 4.78 is 2.17. The summed E-state index contributed by atoms with van der Waals surface area (Å²) in [5.41, 5.74) is 7.76. The second-order valence-corrected chi connectivity index (χ2v) is 15.1. The molecule has 0 saturated carbocycles. The molecule has 3 heteroatoms. The molecule has 0 heterocycles. The number of allylic oxidation sites excluding steroid dienone is 4. The number of hydrogen-bond donors (Lipinski definition) is 0. The molecule has 43 heavy (non-hydrogen) atoms. The van der Waals surface area contributed by atoms with Crippen LogP contribution < -0.4 is 24.8 Å². The Kier molecular flexibility index (Phi) is 14.7. The quantitative estimate of drug-likeness (QED) is 0.246. The molecular weight excluding hydrogens is 643 g/mol. The minimum absolute atomic E-state index is 0. The summed E-state index contributed by atoms with van der Waals surface area (Å²) in [6.45, 7) is 24.9. The van der Waals surface area contributed by atoms with E-state index in [0.29, 0.717) is 11.3 Å². The number of hydrogen-bond acceptors (Lipinski definition) is 0. The molecule has 0 aromatic heterocycles. The molecule has 0 nitrogen and oxygen atoms in total. The molecule has 0 bridgehead atoms. The molecule has 4 aromatic carbocycles. The third-order valence-corrected chi connectivity index (χ3v) is 8.53. The maximum atomic E-state index is 3.48. The van der Waals surface area contributed by atoms with E-state index in [1.54, 1.807) is 0 Å². The second kappa shape index (κ2) is 16.1. The fourth-order valence-corrected chi connectivity index (χ4v) is 5.72. The first-order valence-corrected chi connectivity index (χ1v) is 16.5. The Morgan fingerprint density at radius 3 is 1.51 bits per heavy atom. The fourth-order valence-electron chi connectivity index (χ4n) is 5.24. The topological polar surface area (TPSA) is 0 Å². The van der Waals surface area contributed by atoms with E-state index >= 15 is 0 Å². The van der Waals surface area contributed by atoms with E-state index in [1.165, 1.54) is 73.6 Å². The fraction of sp³-hybridized carbons (Fsp3) is 0.400. The van der Waals surface area contributed by atoms with Gasteiger partial charge in [-0.1, -0.05) is 129 Å². The summed E-state index contributed by atoms with van der Waals surface area (Å²) in [7, 11) is 0. The molecule has 1 unspecified atom stereocenters. The molecule has 5 rings (SSSR count). The summed E-state index contributed by atoms with van der Waals surface area (Å²) in [5, 5.41) is 5.48. The molecule has 0 amide bonds. The van der Waals surface area contributed by atoms with Crippen molar-refractivity contribution in [3.8, 4) is 0 Å². The molecule has 0 spiro atoms. The van der Waals surface area contributed by atoms with Gasteiger partial charge in [-0.05, 0) is 10.8 Å². The van der Waals surface area contributed by atoms with Crippen LogP contribution in [0, 0.1) is 17.4 Å². The van der Waals surface area contributed by atoms with Crippen LogP contribution in [0.5, 0.6) is 0 Å². The van der Waals surface area contributed by atoms with Crippen molar-refractivity contribution in [2.24, 2.45) is 11.3 Å². The minimum atomic E-state index is 0. The van der Waals surface area contributed by atoms with Crippen molar-refractivity contribution in [2.75, 3.05) is 0 Å². The normalized spacial score (nSPS) is 14.8. The zero-order valence-electron chi connectivity index (χ0n) is 28.1. The molecular formula is C40H50Cl2Zr-2. The SMILES string of the molecule is CC(C)(C)c1ccc2c(c1)[cH-]c1cc(C(C)(C)C)ccc12.CCC1=[C-]C(C)C=C1C(C)(C)C.[Cl-].[Cl-].[Zr+2]=[CH]c1ccccc1. The number of benzene rings is 3. The first kappa shape index (κ1) is 39.4. The van der Waals surface area contributed by atoms with E-state index < -0.39 is 0 Å². The molecule has 230 valence electrons. The second-order valence-electron chi connectivity index (χ2n) is 14.4. The van der Waals surface area contributed by atoms with Gasteiger partial charge >= 0.3 is 63.8 Å². The molecule has 0 saturated heterocycles. The number of halogens is 2. The zero-order chi connectivity index (χ0) is 30.6. The average molecular weight is 693 g/mol. The first-order chi connectivity index (χ1) is 19.0.